The summed E-state index contributed by atoms with van der Waals surface area (Å²) >= 11 is 0. The summed E-state index contributed by atoms with van der Waals surface area (Å²) in [5, 5.41) is 3.31. The van der Waals surface area contributed by atoms with Gasteiger partial charge < -0.3 is 5.32 Å². The molecule has 0 radical (unpaired) electrons. The predicted octanol–water partition coefficient (Wildman–Crippen LogP) is 4.96. The Morgan fingerprint density at radius 2 is 1.83 bits per heavy atom. The van der Waals surface area contributed by atoms with E-state index in [1.165, 1.54) is 12.1 Å². The lowest BCUT2D eigenvalue weighted by Crippen LogP contribution is -2.45. The molecule has 162 valence electrons. The number of carbonyl (C=O) groups is 1. The number of nitrogens with one attached hydrogen (secondary N) is 1. The highest BCUT2D eigenvalue weighted by Crippen LogP contribution is 2.39. The van der Waals surface area contributed by atoms with Crippen LogP contribution in [0.15, 0.2) is 24.3 Å². The second kappa shape index (κ2) is 8.66. The molecule has 1 aliphatic carbocycles. The lowest BCUT2D eigenvalue weighted by atomic mass is 9.84. The van der Waals surface area contributed by atoms with E-state index in [4.69, 9.17) is 0 Å². The first kappa shape index (κ1) is 22.1. The smallest absolute Gasteiger partial charge is 0.353 e. The number of benzene rings is 1. The summed E-state index contributed by atoms with van der Waals surface area (Å²) in [6.07, 6.45) is -2.24. The van der Waals surface area contributed by atoms with Crippen LogP contribution in [0.5, 0.6) is 0 Å². The Hall–Kier alpha value is -1.56. The minimum atomic E-state index is -4.31. The van der Waals surface area contributed by atoms with Gasteiger partial charge in [0.2, 0.25) is 5.91 Å². The van der Waals surface area contributed by atoms with Gasteiger partial charge in [-0.15, -0.1) is 0 Å². The van der Waals surface area contributed by atoms with Crippen LogP contribution in [-0.2, 0) is 17.5 Å². The van der Waals surface area contributed by atoms with E-state index in [1.54, 1.807) is 6.07 Å². The zero-order valence-electron chi connectivity index (χ0n) is 17.8. The van der Waals surface area contributed by atoms with Crippen LogP contribution in [0.2, 0.25) is 0 Å². The summed E-state index contributed by atoms with van der Waals surface area (Å²) in [5.74, 6) is 1.67. The third kappa shape index (κ3) is 5.14. The topological polar surface area (TPSA) is 32.3 Å². The molecule has 6 heteroatoms. The highest BCUT2D eigenvalue weighted by molar-refractivity contribution is 5.79. The van der Waals surface area contributed by atoms with Gasteiger partial charge in [-0.3, -0.25) is 9.69 Å². The first-order valence-corrected chi connectivity index (χ1v) is 10.7. The van der Waals surface area contributed by atoms with E-state index in [1.807, 2.05) is 0 Å². The Bertz CT molecular complexity index is 708. The number of hydrogen-bond donors (Lipinski definition) is 1. The minimum Gasteiger partial charge on any atom is -0.353 e. The number of carbonyl (C=O) groups excluding carboxylic acids is 1. The Balaban J connectivity index is 1.61. The number of hydrogen-bond acceptors (Lipinski definition) is 2. The first-order chi connectivity index (χ1) is 13.6. The lowest BCUT2D eigenvalue weighted by molar-refractivity contribution is -0.137. The monoisotopic (exact) mass is 410 g/mol. The van der Waals surface area contributed by atoms with Gasteiger partial charge in [-0.25, -0.2) is 0 Å². The molecule has 1 aromatic carbocycles. The summed E-state index contributed by atoms with van der Waals surface area (Å²) < 4.78 is 38.9. The summed E-state index contributed by atoms with van der Waals surface area (Å²) in [6.45, 7) is 10.6. The molecular formula is C23H33F3N2O. The van der Waals surface area contributed by atoms with Crippen LogP contribution in [0.3, 0.4) is 0 Å². The largest absolute Gasteiger partial charge is 0.416 e. The van der Waals surface area contributed by atoms with Gasteiger partial charge in [0.25, 0.3) is 0 Å². The number of rotatable bonds is 6. The van der Waals surface area contributed by atoms with E-state index in [-0.39, 0.29) is 17.9 Å². The maximum atomic E-state index is 13.0. The zero-order valence-corrected chi connectivity index (χ0v) is 17.8. The van der Waals surface area contributed by atoms with E-state index in [2.05, 4.69) is 37.9 Å². The number of likely N-dealkylation sites (tertiary alicyclic amines) is 1. The molecule has 3 rings (SSSR count). The summed E-state index contributed by atoms with van der Waals surface area (Å²) in [5.41, 5.74) is 0.105. The Labute approximate surface area is 172 Å². The fraction of sp³-hybridized carbons (Fsp3) is 0.696. The molecule has 29 heavy (non-hydrogen) atoms. The Morgan fingerprint density at radius 1 is 1.14 bits per heavy atom. The maximum Gasteiger partial charge on any atom is 0.416 e. The average Bonchev–Trinajstić information content (AvgIpc) is 3.15. The standard InChI is InChI=1S/C23H33F3N2O/c1-14(2)21(15(3)4)22(29)27-20-9-8-17-12-28(13-19(17)20)11-16-6-5-7-18(10-16)23(24,25)26/h5-7,10,14-15,17,19-21H,8-9,11-13H2,1-4H3,(H,27,29)/t17-,19?,20?/m0/s1. The molecule has 0 bridgehead atoms. The average molecular weight is 411 g/mol. The van der Waals surface area contributed by atoms with Crippen molar-refractivity contribution in [3.8, 4) is 0 Å². The molecule has 1 N–H and O–H groups in total. The molecule has 2 fully saturated rings. The van der Waals surface area contributed by atoms with Crippen molar-refractivity contribution in [1.82, 2.24) is 10.2 Å². The number of fused-ring (bicyclic) bond motifs is 1. The van der Waals surface area contributed by atoms with Gasteiger partial charge in [-0.05, 0) is 48.1 Å². The van der Waals surface area contributed by atoms with E-state index in [0.29, 0.717) is 35.8 Å². The van der Waals surface area contributed by atoms with Crippen LogP contribution in [0.25, 0.3) is 0 Å². The van der Waals surface area contributed by atoms with Crippen molar-refractivity contribution >= 4 is 5.91 Å². The zero-order chi connectivity index (χ0) is 21.3. The van der Waals surface area contributed by atoms with E-state index < -0.39 is 11.7 Å². The van der Waals surface area contributed by atoms with Gasteiger partial charge in [0.1, 0.15) is 0 Å². The van der Waals surface area contributed by atoms with Gasteiger partial charge in [-0.2, -0.15) is 13.2 Å². The van der Waals surface area contributed by atoms with Crippen molar-refractivity contribution < 1.29 is 18.0 Å². The van der Waals surface area contributed by atoms with Crippen LogP contribution < -0.4 is 5.32 Å². The summed E-state index contributed by atoms with van der Waals surface area (Å²) in [4.78, 5) is 15.1. The predicted molar refractivity (Wildman–Crippen MR) is 108 cm³/mol. The van der Waals surface area contributed by atoms with Gasteiger partial charge in [0.05, 0.1) is 5.56 Å². The lowest BCUT2D eigenvalue weighted by Gasteiger charge is -2.28. The van der Waals surface area contributed by atoms with E-state index in [0.717, 1.165) is 32.0 Å². The van der Waals surface area contributed by atoms with Crippen molar-refractivity contribution in [3.63, 3.8) is 0 Å². The van der Waals surface area contributed by atoms with Crippen molar-refractivity contribution in [2.75, 3.05) is 13.1 Å². The molecule has 1 amide bonds. The second-order valence-electron chi connectivity index (χ2n) is 9.52. The van der Waals surface area contributed by atoms with Crippen molar-refractivity contribution in [3.05, 3.63) is 35.4 Å². The maximum absolute atomic E-state index is 13.0. The summed E-state index contributed by atoms with van der Waals surface area (Å²) in [6, 6.07) is 5.80. The Kier molecular flexibility index (Phi) is 6.61. The fourth-order valence-corrected chi connectivity index (χ4v) is 5.42. The van der Waals surface area contributed by atoms with Crippen LogP contribution >= 0.6 is 0 Å². The van der Waals surface area contributed by atoms with Crippen LogP contribution in [0.4, 0.5) is 13.2 Å². The number of halogens is 3. The molecule has 0 spiro atoms. The van der Waals surface area contributed by atoms with Crippen LogP contribution in [0, 0.1) is 29.6 Å². The molecule has 1 saturated carbocycles. The first-order valence-electron chi connectivity index (χ1n) is 10.7. The molecule has 1 aromatic rings. The third-order valence-corrected chi connectivity index (χ3v) is 6.66. The summed E-state index contributed by atoms with van der Waals surface area (Å²) in [7, 11) is 0. The van der Waals surface area contributed by atoms with Crippen molar-refractivity contribution in [2.45, 2.75) is 59.3 Å². The van der Waals surface area contributed by atoms with Gasteiger partial charge in [0.15, 0.2) is 0 Å². The number of amides is 1. The molecule has 1 heterocycles. The van der Waals surface area contributed by atoms with Gasteiger partial charge in [0, 0.05) is 31.6 Å². The van der Waals surface area contributed by atoms with E-state index in [9.17, 15) is 18.0 Å². The number of alkyl halides is 3. The van der Waals surface area contributed by atoms with E-state index >= 15 is 0 Å². The normalized spacial score (nSPS) is 25.2. The molecule has 1 aliphatic heterocycles. The molecule has 3 atom stereocenters. The highest BCUT2D eigenvalue weighted by Gasteiger charge is 2.43. The quantitative estimate of drug-likeness (QED) is 0.719. The molecule has 1 saturated heterocycles. The minimum absolute atomic E-state index is 0.0108. The molecule has 2 aliphatic rings. The fourth-order valence-electron chi connectivity index (χ4n) is 5.42. The van der Waals surface area contributed by atoms with Crippen molar-refractivity contribution in [1.29, 1.82) is 0 Å². The molecular weight excluding hydrogens is 377 g/mol. The highest BCUT2D eigenvalue weighted by atomic mass is 19.4. The SMILES string of the molecule is CC(C)C(C(=O)NC1CC[C@H]2CN(Cc3cccc(C(F)(F)F)c3)CC12)C(C)C. The number of nitrogens with zero attached hydrogens (tertiary/aromatic N) is 1. The van der Waals surface area contributed by atoms with Gasteiger partial charge >= 0.3 is 6.18 Å². The van der Waals surface area contributed by atoms with Crippen LogP contribution in [0.1, 0.15) is 51.7 Å². The third-order valence-electron chi connectivity index (χ3n) is 6.66. The molecule has 2 unspecified atom stereocenters. The van der Waals surface area contributed by atoms with Gasteiger partial charge in [-0.1, -0.05) is 45.9 Å². The van der Waals surface area contributed by atoms with Crippen molar-refractivity contribution in [2.24, 2.45) is 29.6 Å². The Morgan fingerprint density at radius 3 is 2.45 bits per heavy atom. The van der Waals surface area contributed by atoms with Crippen LogP contribution in [-0.4, -0.2) is 29.9 Å². The second-order valence-corrected chi connectivity index (χ2v) is 9.52. The molecule has 3 nitrogen and oxygen atoms in total. The molecule has 0 aromatic heterocycles.